The largest absolute Gasteiger partial charge is 0.459 e. The number of carbonyl (C=O) groups is 2. The van der Waals surface area contributed by atoms with Crippen LogP contribution in [0.4, 0.5) is 0 Å². The van der Waals surface area contributed by atoms with Crippen molar-refractivity contribution in [3.05, 3.63) is 95.1 Å². The Morgan fingerprint density at radius 3 is 2.25 bits per heavy atom. The van der Waals surface area contributed by atoms with Gasteiger partial charge in [0.25, 0.3) is 5.91 Å². The summed E-state index contributed by atoms with van der Waals surface area (Å²) in [5, 5.41) is 12.1. The van der Waals surface area contributed by atoms with E-state index in [-0.39, 0.29) is 18.4 Å². The molecule has 3 aromatic rings. The molecule has 0 aliphatic heterocycles. The third kappa shape index (κ3) is 5.61. The standard InChI is InChI=1S/C27H26N2O3/c1-18(2)25(29-26(30)22-12-8-19(3)9-13-22)27(31)32-17-20-10-14-21(15-11-20)24-7-5-4-6-23(24)16-28/h4-15,18,25H,17H2,1-3H3,(H,29,30)/t25-/m0/s1. The predicted molar refractivity (Wildman–Crippen MR) is 124 cm³/mol. The van der Waals surface area contributed by atoms with Gasteiger partial charge in [0, 0.05) is 5.56 Å². The van der Waals surface area contributed by atoms with Crippen molar-refractivity contribution in [2.24, 2.45) is 5.92 Å². The third-order valence-corrected chi connectivity index (χ3v) is 5.21. The molecule has 0 radical (unpaired) electrons. The fourth-order valence-corrected chi connectivity index (χ4v) is 3.28. The number of aryl methyl sites for hydroxylation is 1. The number of carbonyl (C=O) groups excluding carboxylic acids is 2. The van der Waals surface area contributed by atoms with Crippen molar-refractivity contribution in [1.29, 1.82) is 5.26 Å². The molecule has 0 bridgehead atoms. The van der Waals surface area contributed by atoms with Crippen molar-refractivity contribution in [1.82, 2.24) is 5.32 Å². The molecule has 0 fully saturated rings. The molecule has 5 nitrogen and oxygen atoms in total. The van der Waals surface area contributed by atoms with Gasteiger partial charge in [0.15, 0.2) is 0 Å². The Hall–Kier alpha value is -3.91. The molecular formula is C27H26N2O3. The number of amides is 1. The Kier molecular flexibility index (Phi) is 7.41. The van der Waals surface area contributed by atoms with E-state index in [0.29, 0.717) is 11.1 Å². The molecule has 1 N–H and O–H groups in total. The highest BCUT2D eigenvalue weighted by Crippen LogP contribution is 2.23. The Balaban J connectivity index is 1.63. The highest BCUT2D eigenvalue weighted by molar-refractivity contribution is 5.96. The Bertz CT molecular complexity index is 1130. The number of rotatable bonds is 7. The molecule has 0 unspecified atom stereocenters. The van der Waals surface area contributed by atoms with E-state index >= 15 is 0 Å². The summed E-state index contributed by atoms with van der Waals surface area (Å²) >= 11 is 0. The van der Waals surface area contributed by atoms with E-state index in [1.54, 1.807) is 18.2 Å². The molecule has 0 aliphatic rings. The smallest absolute Gasteiger partial charge is 0.329 e. The molecule has 0 aromatic heterocycles. The van der Waals surface area contributed by atoms with Crippen LogP contribution in [0.3, 0.4) is 0 Å². The van der Waals surface area contributed by atoms with E-state index < -0.39 is 12.0 Å². The van der Waals surface area contributed by atoms with Gasteiger partial charge < -0.3 is 10.1 Å². The van der Waals surface area contributed by atoms with Crippen LogP contribution in [0, 0.1) is 24.2 Å². The minimum absolute atomic E-state index is 0.0998. The molecule has 0 spiro atoms. The second-order valence-corrected chi connectivity index (χ2v) is 8.02. The summed E-state index contributed by atoms with van der Waals surface area (Å²) in [6.45, 7) is 5.78. The lowest BCUT2D eigenvalue weighted by Gasteiger charge is -2.21. The quantitative estimate of drug-likeness (QED) is 0.537. The second kappa shape index (κ2) is 10.4. The molecule has 1 amide bonds. The van der Waals surface area contributed by atoms with Gasteiger partial charge in [0.2, 0.25) is 0 Å². The van der Waals surface area contributed by atoms with E-state index in [4.69, 9.17) is 4.74 Å². The first-order chi connectivity index (χ1) is 15.4. The number of nitrogens with one attached hydrogen (secondary N) is 1. The lowest BCUT2D eigenvalue weighted by Crippen LogP contribution is -2.45. The Labute approximate surface area is 188 Å². The molecule has 0 saturated heterocycles. The normalized spacial score (nSPS) is 11.5. The monoisotopic (exact) mass is 426 g/mol. The van der Waals surface area contributed by atoms with Crippen molar-refractivity contribution in [2.75, 3.05) is 0 Å². The first-order valence-corrected chi connectivity index (χ1v) is 10.5. The molecule has 3 rings (SSSR count). The SMILES string of the molecule is Cc1ccc(C(=O)N[C@H](C(=O)OCc2ccc(-c3ccccc3C#N)cc2)C(C)C)cc1. The number of esters is 1. The summed E-state index contributed by atoms with van der Waals surface area (Å²) in [6, 6.07) is 23.6. The zero-order chi connectivity index (χ0) is 23.1. The van der Waals surface area contributed by atoms with Crippen molar-refractivity contribution in [3.63, 3.8) is 0 Å². The maximum Gasteiger partial charge on any atom is 0.329 e. The molecule has 1 atom stereocenters. The van der Waals surface area contributed by atoms with Crippen LogP contribution >= 0.6 is 0 Å². The van der Waals surface area contributed by atoms with E-state index in [9.17, 15) is 14.9 Å². The predicted octanol–water partition coefficient (Wildman–Crippen LogP) is 5.03. The molecule has 0 heterocycles. The summed E-state index contributed by atoms with van der Waals surface area (Å²) in [4.78, 5) is 25.2. The van der Waals surface area contributed by atoms with Crippen LogP contribution in [0.25, 0.3) is 11.1 Å². The maximum atomic E-state index is 12.7. The zero-order valence-corrected chi connectivity index (χ0v) is 18.5. The number of ether oxygens (including phenoxy) is 1. The summed E-state index contributed by atoms with van der Waals surface area (Å²) in [5.41, 5.74) is 4.77. The van der Waals surface area contributed by atoms with E-state index in [0.717, 1.165) is 22.3 Å². The van der Waals surface area contributed by atoms with Crippen LogP contribution in [-0.2, 0) is 16.1 Å². The van der Waals surface area contributed by atoms with Crippen molar-refractivity contribution >= 4 is 11.9 Å². The van der Waals surface area contributed by atoms with Crippen molar-refractivity contribution in [3.8, 4) is 17.2 Å². The van der Waals surface area contributed by atoms with E-state index in [2.05, 4.69) is 11.4 Å². The van der Waals surface area contributed by atoms with Gasteiger partial charge in [-0.15, -0.1) is 0 Å². The van der Waals surface area contributed by atoms with Gasteiger partial charge in [-0.3, -0.25) is 4.79 Å². The first kappa shape index (κ1) is 22.8. The zero-order valence-electron chi connectivity index (χ0n) is 18.5. The summed E-state index contributed by atoms with van der Waals surface area (Å²) in [5.74, 6) is -0.901. The van der Waals surface area contributed by atoms with Gasteiger partial charge in [-0.1, -0.05) is 74.0 Å². The molecule has 5 heteroatoms. The molecular weight excluding hydrogens is 400 g/mol. The highest BCUT2D eigenvalue weighted by atomic mass is 16.5. The van der Waals surface area contributed by atoms with Gasteiger partial charge in [0.05, 0.1) is 11.6 Å². The van der Waals surface area contributed by atoms with Crippen LogP contribution in [0.5, 0.6) is 0 Å². The van der Waals surface area contributed by atoms with Crippen LogP contribution in [-0.4, -0.2) is 17.9 Å². The summed E-state index contributed by atoms with van der Waals surface area (Å²) in [7, 11) is 0. The molecule has 3 aromatic carbocycles. The number of hydrogen-bond acceptors (Lipinski definition) is 4. The number of nitriles is 1. The van der Waals surface area contributed by atoms with Crippen LogP contribution in [0.1, 0.15) is 40.9 Å². The lowest BCUT2D eigenvalue weighted by molar-refractivity contribution is -0.148. The summed E-state index contributed by atoms with van der Waals surface area (Å²) < 4.78 is 5.49. The molecule has 0 aliphatic carbocycles. The minimum atomic E-state index is -0.745. The fraction of sp³-hybridized carbons (Fsp3) is 0.222. The van der Waals surface area contributed by atoms with Crippen LogP contribution < -0.4 is 5.32 Å². The fourth-order valence-electron chi connectivity index (χ4n) is 3.28. The molecule has 32 heavy (non-hydrogen) atoms. The van der Waals surface area contributed by atoms with Gasteiger partial charge >= 0.3 is 5.97 Å². The Morgan fingerprint density at radius 2 is 1.62 bits per heavy atom. The van der Waals surface area contributed by atoms with Crippen molar-refractivity contribution < 1.29 is 14.3 Å². The topological polar surface area (TPSA) is 79.2 Å². The number of nitrogens with zero attached hydrogens (tertiary/aromatic N) is 1. The van der Waals surface area contributed by atoms with Gasteiger partial charge in [-0.05, 0) is 47.7 Å². The second-order valence-electron chi connectivity index (χ2n) is 8.02. The highest BCUT2D eigenvalue weighted by Gasteiger charge is 2.26. The molecule has 162 valence electrons. The Morgan fingerprint density at radius 1 is 0.969 bits per heavy atom. The average Bonchev–Trinajstić information content (AvgIpc) is 2.81. The van der Waals surface area contributed by atoms with Crippen LogP contribution in [0.2, 0.25) is 0 Å². The van der Waals surface area contributed by atoms with Crippen molar-refractivity contribution in [2.45, 2.75) is 33.4 Å². The first-order valence-electron chi connectivity index (χ1n) is 10.5. The van der Waals surface area contributed by atoms with E-state index in [1.807, 2.05) is 75.4 Å². The maximum absolute atomic E-state index is 12.7. The average molecular weight is 427 g/mol. The van der Waals surface area contributed by atoms with Gasteiger partial charge in [0.1, 0.15) is 12.6 Å². The minimum Gasteiger partial charge on any atom is -0.459 e. The number of hydrogen-bond donors (Lipinski definition) is 1. The van der Waals surface area contributed by atoms with E-state index in [1.165, 1.54) is 0 Å². The van der Waals surface area contributed by atoms with Gasteiger partial charge in [-0.2, -0.15) is 5.26 Å². The van der Waals surface area contributed by atoms with Crippen LogP contribution in [0.15, 0.2) is 72.8 Å². The third-order valence-electron chi connectivity index (χ3n) is 5.21. The lowest BCUT2D eigenvalue weighted by atomic mass is 9.99. The molecule has 0 saturated carbocycles. The van der Waals surface area contributed by atoms with Gasteiger partial charge in [-0.25, -0.2) is 4.79 Å². The summed E-state index contributed by atoms with van der Waals surface area (Å²) in [6.07, 6.45) is 0. The number of benzene rings is 3.